The lowest BCUT2D eigenvalue weighted by molar-refractivity contribution is -0.166. The van der Waals surface area contributed by atoms with E-state index in [0.717, 1.165) is 30.8 Å². The summed E-state index contributed by atoms with van der Waals surface area (Å²) < 4.78 is 11.2. The molecule has 11 nitrogen and oxygen atoms in total. The molecule has 3 amide bonds. The Morgan fingerprint density at radius 2 is 1.73 bits per heavy atom. The van der Waals surface area contributed by atoms with Crippen molar-refractivity contribution in [1.82, 2.24) is 9.80 Å². The Morgan fingerprint density at radius 1 is 1.02 bits per heavy atom. The first-order valence-electron chi connectivity index (χ1n) is 15.0. The fraction of sp³-hybridized carbons (Fsp3) is 0.500. The van der Waals surface area contributed by atoms with Crippen LogP contribution in [0.3, 0.4) is 0 Å². The summed E-state index contributed by atoms with van der Waals surface area (Å²) in [6.45, 7) is 10.1. The Hall–Kier alpha value is -3.67. The van der Waals surface area contributed by atoms with Gasteiger partial charge in [0.1, 0.15) is 11.6 Å². The molecule has 5 rings (SSSR count). The molecular formula is C32H40ClN5O6. The van der Waals surface area contributed by atoms with Crippen molar-refractivity contribution in [1.29, 1.82) is 0 Å². The van der Waals surface area contributed by atoms with Gasteiger partial charge in [-0.25, -0.2) is 4.79 Å². The number of hydrogen-bond donors (Lipinski definition) is 1. The van der Waals surface area contributed by atoms with E-state index in [0.29, 0.717) is 29.5 Å². The molecule has 3 saturated heterocycles. The van der Waals surface area contributed by atoms with Crippen LogP contribution in [0.5, 0.6) is 0 Å². The molecule has 0 aromatic heterocycles. The van der Waals surface area contributed by atoms with Gasteiger partial charge in [0.15, 0.2) is 0 Å². The summed E-state index contributed by atoms with van der Waals surface area (Å²) in [4.78, 5) is 60.1. The van der Waals surface area contributed by atoms with Crippen LogP contribution >= 0.6 is 11.6 Å². The maximum Gasteiger partial charge on any atom is 0.329 e. The third kappa shape index (κ3) is 6.69. The average Bonchev–Trinajstić information content (AvgIpc) is 3.51. The van der Waals surface area contributed by atoms with Gasteiger partial charge in [0.2, 0.25) is 5.91 Å². The molecule has 3 unspecified atom stereocenters. The van der Waals surface area contributed by atoms with Crippen LogP contribution in [0.15, 0.2) is 42.5 Å². The summed E-state index contributed by atoms with van der Waals surface area (Å²) >= 11 is 6.12. The SMILES string of the molecule is CC1C(=O)N(c2ccc(CC(C(=O)OC(C)(C)C)N3CCN(c4cc(Cl)ccc4N)C(=O)C3=O)cc2)CCN1C1CCOC1. The van der Waals surface area contributed by atoms with Crippen molar-refractivity contribution < 1.29 is 28.7 Å². The molecule has 2 N–H and O–H groups in total. The molecule has 2 aromatic rings. The zero-order valence-corrected chi connectivity index (χ0v) is 26.4. The Kier molecular flexibility index (Phi) is 9.20. The van der Waals surface area contributed by atoms with E-state index in [9.17, 15) is 19.2 Å². The number of nitrogen functional groups attached to an aromatic ring is 1. The summed E-state index contributed by atoms with van der Waals surface area (Å²) in [5, 5.41) is 0.383. The number of carbonyl (C=O) groups excluding carboxylic acids is 4. The first kappa shape index (κ1) is 31.7. The van der Waals surface area contributed by atoms with E-state index in [1.54, 1.807) is 43.9 Å². The first-order chi connectivity index (χ1) is 20.8. The predicted molar refractivity (Wildman–Crippen MR) is 167 cm³/mol. The summed E-state index contributed by atoms with van der Waals surface area (Å²) in [6.07, 6.45) is 1.07. The molecule has 3 atom stereocenters. The summed E-state index contributed by atoms with van der Waals surface area (Å²) in [5.41, 5.74) is 7.46. The zero-order chi connectivity index (χ0) is 31.8. The van der Waals surface area contributed by atoms with Gasteiger partial charge in [-0.1, -0.05) is 23.7 Å². The Balaban J connectivity index is 1.32. The summed E-state index contributed by atoms with van der Waals surface area (Å²) in [7, 11) is 0. The minimum Gasteiger partial charge on any atom is -0.458 e. The number of benzene rings is 2. The normalized spacial score (nSPS) is 22.5. The lowest BCUT2D eigenvalue weighted by Gasteiger charge is -2.41. The second-order valence-corrected chi connectivity index (χ2v) is 12.9. The molecular weight excluding hydrogens is 586 g/mol. The van der Waals surface area contributed by atoms with E-state index >= 15 is 0 Å². The summed E-state index contributed by atoms with van der Waals surface area (Å²) in [5.74, 6) is -2.20. The van der Waals surface area contributed by atoms with Crippen molar-refractivity contribution in [2.45, 2.75) is 64.3 Å². The van der Waals surface area contributed by atoms with Crippen LogP contribution in [0.1, 0.15) is 39.7 Å². The number of amides is 3. The molecule has 44 heavy (non-hydrogen) atoms. The Morgan fingerprint density at radius 3 is 2.39 bits per heavy atom. The quantitative estimate of drug-likeness (QED) is 0.283. The lowest BCUT2D eigenvalue weighted by atomic mass is 10.0. The van der Waals surface area contributed by atoms with Gasteiger partial charge in [0.25, 0.3) is 0 Å². The van der Waals surface area contributed by atoms with Crippen molar-refractivity contribution in [3.63, 3.8) is 0 Å². The highest BCUT2D eigenvalue weighted by Gasteiger charge is 2.42. The van der Waals surface area contributed by atoms with Gasteiger partial charge in [-0.15, -0.1) is 0 Å². The van der Waals surface area contributed by atoms with E-state index in [1.807, 2.05) is 31.2 Å². The van der Waals surface area contributed by atoms with E-state index in [4.69, 9.17) is 26.8 Å². The number of ether oxygens (including phenoxy) is 2. The van der Waals surface area contributed by atoms with Gasteiger partial charge in [0.05, 0.1) is 24.0 Å². The fourth-order valence-electron chi connectivity index (χ4n) is 6.08. The smallest absolute Gasteiger partial charge is 0.329 e. The molecule has 12 heteroatoms. The Labute approximate surface area is 262 Å². The number of carbonyl (C=O) groups is 4. The molecule has 0 radical (unpaired) electrons. The molecule has 3 fully saturated rings. The van der Waals surface area contributed by atoms with Crippen LogP contribution < -0.4 is 15.5 Å². The highest BCUT2D eigenvalue weighted by molar-refractivity contribution is 6.41. The van der Waals surface area contributed by atoms with Crippen molar-refractivity contribution in [3.8, 4) is 0 Å². The molecule has 0 bridgehead atoms. The van der Waals surface area contributed by atoms with Crippen LogP contribution in [0, 0.1) is 0 Å². The Bertz CT molecular complexity index is 1420. The minimum absolute atomic E-state index is 0.0323. The highest BCUT2D eigenvalue weighted by atomic mass is 35.5. The van der Waals surface area contributed by atoms with Crippen LogP contribution in [-0.4, -0.2) is 96.6 Å². The van der Waals surface area contributed by atoms with Gasteiger partial charge in [-0.3, -0.25) is 19.3 Å². The van der Waals surface area contributed by atoms with Crippen LogP contribution in [0.4, 0.5) is 17.1 Å². The largest absolute Gasteiger partial charge is 0.458 e. The van der Waals surface area contributed by atoms with E-state index < -0.39 is 29.4 Å². The van der Waals surface area contributed by atoms with Crippen molar-refractivity contribution in [2.75, 3.05) is 54.9 Å². The standard InChI is InChI=1S/C32H40ClN5O6/c1-20-28(39)36(13-12-35(20)24-11-16-43-19-24)23-8-5-21(6-9-23)17-27(31(42)44-32(2,3)4)38-15-14-37(29(40)30(38)41)26-18-22(33)7-10-25(26)34/h5-10,18,20,24,27H,11-17,19,34H2,1-4H3. The zero-order valence-electron chi connectivity index (χ0n) is 25.6. The molecule has 3 heterocycles. The van der Waals surface area contributed by atoms with Gasteiger partial charge in [0, 0.05) is 56.0 Å². The minimum atomic E-state index is -1.03. The van der Waals surface area contributed by atoms with E-state index in [2.05, 4.69) is 4.90 Å². The number of nitrogens with two attached hydrogens (primary N) is 1. The average molecular weight is 626 g/mol. The van der Waals surface area contributed by atoms with Crippen LogP contribution in [0.2, 0.25) is 5.02 Å². The number of halogens is 1. The maximum atomic E-state index is 13.5. The number of nitrogens with zero attached hydrogens (tertiary/aromatic N) is 4. The van der Waals surface area contributed by atoms with Gasteiger partial charge in [-0.2, -0.15) is 0 Å². The molecule has 0 aliphatic carbocycles. The van der Waals surface area contributed by atoms with E-state index in [1.165, 1.54) is 9.80 Å². The second-order valence-electron chi connectivity index (χ2n) is 12.5. The monoisotopic (exact) mass is 625 g/mol. The third-order valence-electron chi connectivity index (χ3n) is 8.35. The molecule has 3 aliphatic heterocycles. The fourth-order valence-corrected chi connectivity index (χ4v) is 6.24. The molecule has 236 valence electrons. The van der Waals surface area contributed by atoms with Crippen molar-refractivity contribution in [2.24, 2.45) is 0 Å². The first-order valence-corrected chi connectivity index (χ1v) is 15.4. The second kappa shape index (κ2) is 12.7. The van der Waals surface area contributed by atoms with Crippen LogP contribution in [0.25, 0.3) is 0 Å². The van der Waals surface area contributed by atoms with Gasteiger partial charge >= 0.3 is 17.8 Å². The number of rotatable bonds is 7. The van der Waals surface area contributed by atoms with Crippen molar-refractivity contribution >= 4 is 52.4 Å². The van der Waals surface area contributed by atoms with Gasteiger partial charge < -0.3 is 29.9 Å². The number of anilines is 3. The van der Waals surface area contributed by atoms with Crippen molar-refractivity contribution in [3.05, 3.63) is 53.1 Å². The number of piperazine rings is 2. The predicted octanol–water partition coefficient (Wildman–Crippen LogP) is 2.88. The number of hydrogen-bond acceptors (Lipinski definition) is 8. The molecule has 3 aliphatic rings. The lowest BCUT2D eigenvalue weighted by Crippen LogP contribution is -2.60. The van der Waals surface area contributed by atoms with E-state index in [-0.39, 0.29) is 37.5 Å². The van der Waals surface area contributed by atoms with Gasteiger partial charge in [-0.05, 0) is 70.0 Å². The topological polar surface area (TPSA) is 126 Å². The molecule has 0 saturated carbocycles. The van der Waals surface area contributed by atoms with Crippen LogP contribution in [-0.2, 0) is 35.1 Å². The molecule has 2 aromatic carbocycles. The highest BCUT2D eigenvalue weighted by Crippen LogP contribution is 2.30. The maximum absolute atomic E-state index is 13.5. The molecule has 0 spiro atoms. The number of esters is 1. The summed E-state index contributed by atoms with van der Waals surface area (Å²) in [6, 6.07) is 11.1. The third-order valence-corrected chi connectivity index (χ3v) is 8.58.